The molecule has 2 rings (SSSR count). The highest BCUT2D eigenvalue weighted by Gasteiger charge is 2.15. The molecule has 4 heteroatoms. The molecule has 1 aliphatic heterocycles. The SMILES string of the molecule is Cc1cc(=O)n(C[C@@H]2CCCN2)[nH]1. The van der Waals surface area contributed by atoms with Crippen LogP contribution < -0.4 is 10.9 Å². The molecule has 0 saturated carbocycles. The molecule has 1 atom stereocenters. The maximum atomic E-state index is 11.3. The third-order valence-electron chi connectivity index (χ3n) is 2.48. The minimum Gasteiger partial charge on any atom is -0.312 e. The monoisotopic (exact) mass is 181 g/mol. The molecular formula is C9H15N3O. The van der Waals surface area contributed by atoms with E-state index in [4.69, 9.17) is 0 Å². The van der Waals surface area contributed by atoms with Gasteiger partial charge in [0.1, 0.15) is 0 Å². The molecule has 1 fully saturated rings. The number of hydrogen-bond acceptors (Lipinski definition) is 2. The average molecular weight is 181 g/mol. The van der Waals surface area contributed by atoms with Crippen LogP contribution in [-0.2, 0) is 6.54 Å². The molecule has 0 bridgehead atoms. The summed E-state index contributed by atoms with van der Waals surface area (Å²) in [6.45, 7) is 3.76. The highest BCUT2D eigenvalue weighted by Crippen LogP contribution is 2.05. The molecular weight excluding hydrogens is 166 g/mol. The van der Waals surface area contributed by atoms with Crippen molar-refractivity contribution in [2.75, 3.05) is 6.54 Å². The standard InChI is InChI=1S/C9H15N3O/c1-7-5-9(13)12(11-7)6-8-3-2-4-10-8/h5,8,10-11H,2-4,6H2,1H3/t8-/m0/s1. The minimum atomic E-state index is 0.0752. The number of aromatic nitrogens is 2. The molecule has 0 spiro atoms. The summed E-state index contributed by atoms with van der Waals surface area (Å²) in [6.07, 6.45) is 2.39. The van der Waals surface area contributed by atoms with Gasteiger partial charge in [-0.05, 0) is 26.3 Å². The van der Waals surface area contributed by atoms with Gasteiger partial charge in [-0.15, -0.1) is 0 Å². The van der Waals surface area contributed by atoms with Crippen molar-refractivity contribution in [3.8, 4) is 0 Å². The van der Waals surface area contributed by atoms with Crippen molar-refractivity contribution in [3.05, 3.63) is 22.1 Å². The molecule has 0 aromatic carbocycles. The Hall–Kier alpha value is -1.03. The van der Waals surface area contributed by atoms with E-state index in [1.54, 1.807) is 10.7 Å². The molecule has 0 radical (unpaired) electrons. The van der Waals surface area contributed by atoms with Crippen LogP contribution in [0, 0.1) is 6.92 Å². The zero-order valence-corrected chi connectivity index (χ0v) is 7.84. The second-order valence-corrected chi connectivity index (χ2v) is 3.68. The fraction of sp³-hybridized carbons (Fsp3) is 0.667. The highest BCUT2D eigenvalue weighted by molar-refractivity contribution is 4.96. The molecule has 13 heavy (non-hydrogen) atoms. The Labute approximate surface area is 76.9 Å². The largest absolute Gasteiger partial charge is 0.312 e. The summed E-state index contributed by atoms with van der Waals surface area (Å²) in [5.41, 5.74) is 1.01. The van der Waals surface area contributed by atoms with Gasteiger partial charge >= 0.3 is 0 Å². The van der Waals surface area contributed by atoms with Crippen molar-refractivity contribution in [2.45, 2.75) is 32.4 Å². The number of rotatable bonds is 2. The Balaban J connectivity index is 2.08. The quantitative estimate of drug-likeness (QED) is 0.686. The summed E-state index contributed by atoms with van der Waals surface area (Å²) in [7, 11) is 0. The van der Waals surface area contributed by atoms with Crippen LogP contribution in [0.15, 0.2) is 10.9 Å². The van der Waals surface area contributed by atoms with Crippen LogP contribution in [-0.4, -0.2) is 22.4 Å². The minimum absolute atomic E-state index is 0.0752. The molecule has 1 aromatic heterocycles. The van der Waals surface area contributed by atoms with Crippen LogP contribution in [0.25, 0.3) is 0 Å². The Kier molecular flexibility index (Phi) is 2.22. The molecule has 4 nitrogen and oxygen atoms in total. The number of aromatic amines is 1. The molecule has 1 saturated heterocycles. The van der Waals surface area contributed by atoms with Gasteiger partial charge in [-0.3, -0.25) is 14.6 Å². The maximum absolute atomic E-state index is 11.3. The van der Waals surface area contributed by atoms with Gasteiger partial charge in [-0.2, -0.15) is 0 Å². The van der Waals surface area contributed by atoms with Crippen molar-refractivity contribution in [1.82, 2.24) is 15.1 Å². The number of aryl methyl sites for hydroxylation is 1. The van der Waals surface area contributed by atoms with Gasteiger partial charge in [0.25, 0.3) is 5.56 Å². The molecule has 1 aromatic rings. The van der Waals surface area contributed by atoms with Gasteiger partial charge in [-0.1, -0.05) is 0 Å². The Bertz CT molecular complexity index is 333. The fourth-order valence-electron chi connectivity index (χ4n) is 1.83. The number of H-pyrrole nitrogens is 1. The maximum Gasteiger partial charge on any atom is 0.266 e. The number of nitrogens with one attached hydrogen (secondary N) is 2. The highest BCUT2D eigenvalue weighted by atomic mass is 16.1. The fourth-order valence-corrected chi connectivity index (χ4v) is 1.83. The van der Waals surface area contributed by atoms with E-state index < -0.39 is 0 Å². The van der Waals surface area contributed by atoms with Crippen molar-refractivity contribution < 1.29 is 0 Å². The lowest BCUT2D eigenvalue weighted by molar-refractivity contribution is 0.466. The first-order valence-corrected chi connectivity index (χ1v) is 4.75. The van der Waals surface area contributed by atoms with E-state index in [1.165, 1.54) is 12.8 Å². The Morgan fingerprint density at radius 1 is 1.69 bits per heavy atom. The summed E-state index contributed by atoms with van der Waals surface area (Å²) >= 11 is 0. The molecule has 2 N–H and O–H groups in total. The van der Waals surface area contributed by atoms with Crippen LogP contribution >= 0.6 is 0 Å². The number of hydrogen-bond donors (Lipinski definition) is 2. The first kappa shape index (κ1) is 8.56. The summed E-state index contributed by atoms with van der Waals surface area (Å²) in [4.78, 5) is 11.3. The number of nitrogens with zero attached hydrogens (tertiary/aromatic N) is 1. The van der Waals surface area contributed by atoms with Gasteiger partial charge < -0.3 is 5.32 Å². The smallest absolute Gasteiger partial charge is 0.266 e. The second kappa shape index (κ2) is 3.38. The summed E-state index contributed by atoms with van der Waals surface area (Å²) in [6, 6.07) is 2.10. The predicted octanol–water partition coefficient (Wildman–Crippen LogP) is 0.237. The van der Waals surface area contributed by atoms with Gasteiger partial charge in [0.05, 0.1) is 6.54 Å². The van der Waals surface area contributed by atoms with E-state index in [1.807, 2.05) is 6.92 Å². The molecule has 0 unspecified atom stereocenters. The Morgan fingerprint density at radius 2 is 2.54 bits per heavy atom. The lowest BCUT2D eigenvalue weighted by Gasteiger charge is -2.09. The summed E-state index contributed by atoms with van der Waals surface area (Å²) in [5, 5.41) is 6.40. The van der Waals surface area contributed by atoms with Gasteiger partial charge in [0, 0.05) is 17.8 Å². The van der Waals surface area contributed by atoms with Crippen molar-refractivity contribution in [2.24, 2.45) is 0 Å². The molecule has 2 heterocycles. The first-order valence-electron chi connectivity index (χ1n) is 4.75. The van der Waals surface area contributed by atoms with E-state index in [-0.39, 0.29) is 5.56 Å². The molecule has 1 aliphatic rings. The van der Waals surface area contributed by atoms with E-state index in [9.17, 15) is 4.79 Å². The lowest BCUT2D eigenvalue weighted by Crippen LogP contribution is -2.31. The van der Waals surface area contributed by atoms with E-state index in [2.05, 4.69) is 10.4 Å². The van der Waals surface area contributed by atoms with Crippen LogP contribution in [0.5, 0.6) is 0 Å². The zero-order valence-electron chi connectivity index (χ0n) is 7.84. The van der Waals surface area contributed by atoms with Gasteiger partial charge in [-0.25, -0.2) is 0 Å². The Morgan fingerprint density at radius 3 is 3.08 bits per heavy atom. The van der Waals surface area contributed by atoms with Gasteiger partial charge in [0.2, 0.25) is 0 Å². The van der Waals surface area contributed by atoms with E-state index in [0.717, 1.165) is 18.8 Å². The first-order chi connectivity index (χ1) is 6.25. The normalized spacial score (nSPS) is 22.4. The van der Waals surface area contributed by atoms with Crippen molar-refractivity contribution in [1.29, 1.82) is 0 Å². The van der Waals surface area contributed by atoms with Crippen LogP contribution in [0.1, 0.15) is 18.5 Å². The predicted molar refractivity (Wildman–Crippen MR) is 50.8 cm³/mol. The second-order valence-electron chi connectivity index (χ2n) is 3.68. The van der Waals surface area contributed by atoms with Crippen LogP contribution in [0.3, 0.4) is 0 Å². The third kappa shape index (κ3) is 1.83. The van der Waals surface area contributed by atoms with Crippen LogP contribution in [0.2, 0.25) is 0 Å². The molecule has 0 amide bonds. The van der Waals surface area contributed by atoms with Crippen LogP contribution in [0.4, 0.5) is 0 Å². The van der Waals surface area contributed by atoms with Crippen molar-refractivity contribution in [3.63, 3.8) is 0 Å². The van der Waals surface area contributed by atoms with Crippen molar-refractivity contribution >= 4 is 0 Å². The molecule has 0 aliphatic carbocycles. The average Bonchev–Trinajstić information content (AvgIpc) is 2.63. The summed E-state index contributed by atoms with van der Waals surface area (Å²) < 4.78 is 1.68. The topological polar surface area (TPSA) is 49.8 Å². The van der Waals surface area contributed by atoms with Gasteiger partial charge in [0.15, 0.2) is 0 Å². The molecule has 72 valence electrons. The lowest BCUT2D eigenvalue weighted by atomic mass is 10.2. The summed E-state index contributed by atoms with van der Waals surface area (Å²) in [5.74, 6) is 0. The van der Waals surface area contributed by atoms with E-state index in [0.29, 0.717) is 6.04 Å². The zero-order chi connectivity index (χ0) is 9.26. The van der Waals surface area contributed by atoms with E-state index >= 15 is 0 Å². The third-order valence-corrected chi connectivity index (χ3v) is 2.48.